The first-order valence-corrected chi connectivity index (χ1v) is 5.24. The number of hydrogen-bond acceptors (Lipinski definition) is 2. The highest BCUT2D eigenvalue weighted by molar-refractivity contribution is 5.40. The summed E-state index contributed by atoms with van der Waals surface area (Å²) in [7, 11) is 0. The smallest absolute Gasteiger partial charge is 0.0873 e. The lowest BCUT2D eigenvalue weighted by atomic mass is 9.64. The molecule has 0 heterocycles. The van der Waals surface area contributed by atoms with E-state index in [0.29, 0.717) is 0 Å². The van der Waals surface area contributed by atoms with Gasteiger partial charge in [0.15, 0.2) is 0 Å². The Morgan fingerprint density at radius 1 is 0.857 bits per heavy atom. The Labute approximate surface area is 83.2 Å². The first kappa shape index (κ1) is 8.45. The highest BCUT2D eigenvalue weighted by Gasteiger charge is 2.44. The van der Waals surface area contributed by atoms with Crippen molar-refractivity contribution in [2.75, 3.05) is 0 Å². The highest BCUT2D eigenvalue weighted by Crippen LogP contribution is 2.49. The summed E-state index contributed by atoms with van der Waals surface area (Å²) in [5, 5.41) is 19.7. The molecule has 1 saturated carbocycles. The zero-order valence-electron chi connectivity index (χ0n) is 7.93. The SMILES string of the molecule is O[C@@H]1C2CCC(c3ccccc32)[C@@H]1O. The molecule has 14 heavy (non-hydrogen) atoms. The molecule has 2 bridgehead atoms. The fourth-order valence-electron chi connectivity index (χ4n) is 3.04. The fourth-order valence-corrected chi connectivity index (χ4v) is 3.04. The molecule has 1 fully saturated rings. The van der Waals surface area contributed by atoms with E-state index in [1.807, 2.05) is 12.1 Å². The van der Waals surface area contributed by atoms with Crippen LogP contribution in [0.3, 0.4) is 0 Å². The quantitative estimate of drug-likeness (QED) is 0.649. The standard InChI is InChI=1S/C12H14O2/c13-11-9-5-6-10(12(11)14)8-4-2-1-3-7(8)9/h1-4,9-14H,5-6H2/t9?,10?,11-,12+. The maximum Gasteiger partial charge on any atom is 0.0873 e. The molecular weight excluding hydrogens is 176 g/mol. The molecule has 1 aromatic rings. The zero-order chi connectivity index (χ0) is 9.71. The molecule has 0 spiro atoms. The van der Waals surface area contributed by atoms with Crippen molar-refractivity contribution in [2.45, 2.75) is 36.9 Å². The lowest BCUT2D eigenvalue weighted by Crippen LogP contribution is -2.45. The van der Waals surface area contributed by atoms with Gasteiger partial charge in [0.25, 0.3) is 0 Å². The van der Waals surface area contributed by atoms with Gasteiger partial charge in [0.05, 0.1) is 12.2 Å². The van der Waals surface area contributed by atoms with E-state index in [1.54, 1.807) is 0 Å². The molecule has 3 aliphatic rings. The Hall–Kier alpha value is -0.860. The van der Waals surface area contributed by atoms with E-state index < -0.39 is 12.2 Å². The molecule has 2 heteroatoms. The molecule has 0 radical (unpaired) electrons. The molecule has 2 unspecified atom stereocenters. The Kier molecular flexibility index (Phi) is 1.70. The van der Waals surface area contributed by atoms with Gasteiger partial charge < -0.3 is 10.2 Å². The van der Waals surface area contributed by atoms with Crippen molar-refractivity contribution in [2.24, 2.45) is 0 Å². The molecule has 4 atom stereocenters. The summed E-state index contributed by atoms with van der Waals surface area (Å²) in [6, 6.07) is 8.19. The van der Waals surface area contributed by atoms with Crippen molar-refractivity contribution in [3.63, 3.8) is 0 Å². The highest BCUT2D eigenvalue weighted by atomic mass is 16.3. The second-order valence-electron chi connectivity index (χ2n) is 4.40. The number of aliphatic hydroxyl groups is 2. The van der Waals surface area contributed by atoms with Gasteiger partial charge in [-0.2, -0.15) is 0 Å². The summed E-state index contributed by atoms with van der Waals surface area (Å²) >= 11 is 0. The topological polar surface area (TPSA) is 40.5 Å². The number of fused-ring (bicyclic) bond motifs is 2. The van der Waals surface area contributed by atoms with Crippen LogP contribution in [-0.4, -0.2) is 22.4 Å². The largest absolute Gasteiger partial charge is 0.390 e. The summed E-state index contributed by atoms with van der Waals surface area (Å²) in [6.07, 6.45) is 0.923. The normalized spacial score (nSPS) is 39.6. The maximum absolute atomic E-state index is 9.86. The van der Waals surface area contributed by atoms with Crippen molar-refractivity contribution >= 4 is 0 Å². The summed E-state index contributed by atoms with van der Waals surface area (Å²) in [4.78, 5) is 0. The van der Waals surface area contributed by atoms with Gasteiger partial charge in [-0.05, 0) is 24.0 Å². The van der Waals surface area contributed by atoms with Crippen LogP contribution in [0.4, 0.5) is 0 Å². The van der Waals surface area contributed by atoms with Gasteiger partial charge in [-0.1, -0.05) is 24.3 Å². The van der Waals surface area contributed by atoms with Gasteiger partial charge in [-0.25, -0.2) is 0 Å². The van der Waals surface area contributed by atoms with Gasteiger partial charge >= 0.3 is 0 Å². The van der Waals surface area contributed by atoms with E-state index in [9.17, 15) is 10.2 Å². The summed E-state index contributed by atoms with van der Waals surface area (Å²) < 4.78 is 0. The van der Waals surface area contributed by atoms with E-state index in [4.69, 9.17) is 0 Å². The van der Waals surface area contributed by atoms with Crippen molar-refractivity contribution < 1.29 is 10.2 Å². The van der Waals surface area contributed by atoms with E-state index in [1.165, 1.54) is 11.1 Å². The van der Waals surface area contributed by atoms with E-state index >= 15 is 0 Å². The summed E-state index contributed by atoms with van der Waals surface area (Å²) in [5.41, 5.74) is 2.50. The van der Waals surface area contributed by atoms with Gasteiger partial charge in [0, 0.05) is 11.8 Å². The predicted octanol–water partition coefficient (Wildman–Crippen LogP) is 1.38. The second kappa shape index (κ2) is 2.81. The third-order valence-electron chi connectivity index (χ3n) is 3.76. The number of benzene rings is 1. The fraction of sp³-hybridized carbons (Fsp3) is 0.500. The Morgan fingerprint density at radius 3 is 1.71 bits per heavy atom. The molecule has 4 rings (SSSR count). The van der Waals surface area contributed by atoms with Crippen molar-refractivity contribution in [1.82, 2.24) is 0 Å². The van der Waals surface area contributed by atoms with Gasteiger partial charge in [0.1, 0.15) is 0 Å². The average Bonchev–Trinajstić information content (AvgIpc) is 2.24. The third kappa shape index (κ3) is 0.928. The Bertz CT molecular complexity index is 326. The maximum atomic E-state index is 9.86. The first-order chi connectivity index (χ1) is 6.79. The predicted molar refractivity (Wildman–Crippen MR) is 53.2 cm³/mol. The Morgan fingerprint density at radius 2 is 1.29 bits per heavy atom. The minimum atomic E-state index is -0.552. The van der Waals surface area contributed by atoms with Gasteiger partial charge in [-0.3, -0.25) is 0 Å². The zero-order valence-corrected chi connectivity index (χ0v) is 7.93. The summed E-state index contributed by atoms with van der Waals surface area (Å²) in [5.74, 6) is 0.317. The van der Waals surface area contributed by atoms with E-state index in [0.717, 1.165) is 12.8 Å². The van der Waals surface area contributed by atoms with Crippen LogP contribution < -0.4 is 0 Å². The number of aliphatic hydroxyl groups excluding tert-OH is 2. The van der Waals surface area contributed by atoms with Crippen LogP contribution in [0.2, 0.25) is 0 Å². The molecule has 1 aromatic carbocycles. The third-order valence-corrected chi connectivity index (χ3v) is 3.76. The summed E-state index contributed by atoms with van der Waals surface area (Å²) in [6.45, 7) is 0. The molecule has 0 amide bonds. The molecular formula is C12H14O2. The minimum Gasteiger partial charge on any atom is -0.390 e. The molecule has 0 aromatic heterocycles. The molecule has 74 valence electrons. The van der Waals surface area contributed by atoms with Crippen molar-refractivity contribution in [3.8, 4) is 0 Å². The van der Waals surface area contributed by atoms with Crippen LogP contribution in [0, 0.1) is 0 Å². The molecule has 2 N–H and O–H groups in total. The first-order valence-electron chi connectivity index (χ1n) is 5.24. The molecule has 2 nitrogen and oxygen atoms in total. The van der Waals surface area contributed by atoms with Crippen LogP contribution in [0.1, 0.15) is 35.8 Å². The van der Waals surface area contributed by atoms with Crippen LogP contribution in [0.15, 0.2) is 24.3 Å². The van der Waals surface area contributed by atoms with Gasteiger partial charge in [-0.15, -0.1) is 0 Å². The van der Waals surface area contributed by atoms with Gasteiger partial charge in [0.2, 0.25) is 0 Å². The van der Waals surface area contributed by atoms with E-state index in [-0.39, 0.29) is 11.8 Å². The average molecular weight is 190 g/mol. The molecule has 3 aliphatic carbocycles. The molecule has 0 aliphatic heterocycles. The van der Waals surface area contributed by atoms with Crippen molar-refractivity contribution in [3.05, 3.63) is 35.4 Å². The number of rotatable bonds is 0. The van der Waals surface area contributed by atoms with Crippen LogP contribution in [0.5, 0.6) is 0 Å². The number of hydrogen-bond donors (Lipinski definition) is 2. The van der Waals surface area contributed by atoms with Crippen LogP contribution >= 0.6 is 0 Å². The lowest BCUT2D eigenvalue weighted by molar-refractivity contribution is -0.0461. The monoisotopic (exact) mass is 190 g/mol. The second-order valence-corrected chi connectivity index (χ2v) is 4.40. The van der Waals surface area contributed by atoms with Crippen molar-refractivity contribution in [1.29, 1.82) is 0 Å². The Balaban J connectivity index is 2.17. The molecule has 0 saturated heterocycles. The minimum absolute atomic E-state index is 0.159. The lowest BCUT2D eigenvalue weighted by Gasteiger charge is -2.45. The van der Waals surface area contributed by atoms with E-state index in [2.05, 4.69) is 12.1 Å². The van der Waals surface area contributed by atoms with Crippen LogP contribution in [-0.2, 0) is 0 Å². The van der Waals surface area contributed by atoms with Crippen LogP contribution in [0.25, 0.3) is 0 Å².